The summed E-state index contributed by atoms with van der Waals surface area (Å²) in [6.07, 6.45) is 6.81. The highest BCUT2D eigenvalue weighted by Gasteiger charge is 2.37. The number of piperazine rings is 1. The van der Waals surface area contributed by atoms with Gasteiger partial charge >= 0.3 is 6.03 Å². The summed E-state index contributed by atoms with van der Waals surface area (Å²) in [6.45, 7) is 5.68. The normalized spacial score (nSPS) is 28.7. The lowest BCUT2D eigenvalue weighted by atomic mass is 9.99. The number of thiazole rings is 1. The van der Waals surface area contributed by atoms with Crippen LogP contribution in [0, 0.1) is 0 Å². The number of hydrogen-bond donors (Lipinski definition) is 1. The monoisotopic (exact) mass is 335 g/mol. The van der Waals surface area contributed by atoms with Gasteiger partial charge in [-0.15, -0.1) is 11.3 Å². The number of amides is 2. The number of rotatable bonds is 2. The van der Waals surface area contributed by atoms with Crippen LogP contribution in [0.4, 0.5) is 9.93 Å². The van der Waals surface area contributed by atoms with Crippen molar-refractivity contribution in [3.8, 4) is 0 Å². The van der Waals surface area contributed by atoms with Crippen LogP contribution in [0.2, 0.25) is 0 Å². The van der Waals surface area contributed by atoms with Gasteiger partial charge in [0.1, 0.15) is 0 Å². The van der Waals surface area contributed by atoms with E-state index in [-0.39, 0.29) is 6.03 Å². The van der Waals surface area contributed by atoms with E-state index in [0.29, 0.717) is 12.1 Å². The molecule has 1 aromatic rings. The van der Waals surface area contributed by atoms with Gasteiger partial charge in [-0.25, -0.2) is 9.78 Å². The zero-order valence-electron chi connectivity index (χ0n) is 13.5. The number of carbonyl (C=O) groups excluding carboxylic acids is 1. The molecule has 0 saturated carbocycles. The van der Waals surface area contributed by atoms with Crippen LogP contribution < -0.4 is 10.2 Å². The largest absolute Gasteiger partial charge is 0.345 e. The molecule has 7 heteroatoms. The second kappa shape index (κ2) is 6.65. The average Bonchev–Trinajstić information content (AvgIpc) is 3.25. The third kappa shape index (κ3) is 3.17. The molecule has 23 heavy (non-hydrogen) atoms. The van der Waals surface area contributed by atoms with Gasteiger partial charge in [-0.3, -0.25) is 4.90 Å². The molecule has 0 bridgehead atoms. The average molecular weight is 335 g/mol. The molecular weight excluding hydrogens is 310 g/mol. The Hall–Kier alpha value is -1.34. The topological polar surface area (TPSA) is 51.7 Å². The Morgan fingerprint density at radius 3 is 2.78 bits per heavy atom. The first-order valence-electron chi connectivity index (χ1n) is 8.75. The fraction of sp³-hybridized carbons (Fsp3) is 0.750. The zero-order valence-corrected chi connectivity index (χ0v) is 14.3. The fourth-order valence-electron chi connectivity index (χ4n) is 4.14. The molecule has 3 saturated heterocycles. The minimum Gasteiger partial charge on any atom is -0.345 e. The number of aromatic nitrogens is 1. The molecule has 6 nitrogen and oxygen atoms in total. The third-order valence-corrected chi connectivity index (χ3v) is 6.25. The number of nitrogens with zero attached hydrogens (tertiary/aromatic N) is 4. The summed E-state index contributed by atoms with van der Waals surface area (Å²) in [5, 5.41) is 6.38. The van der Waals surface area contributed by atoms with Crippen molar-refractivity contribution in [2.24, 2.45) is 0 Å². The maximum atomic E-state index is 12.6. The lowest BCUT2D eigenvalue weighted by Gasteiger charge is -2.36. The lowest BCUT2D eigenvalue weighted by Crippen LogP contribution is -2.55. The summed E-state index contributed by atoms with van der Waals surface area (Å²) in [5.41, 5.74) is 0. The molecular formula is C16H25N5OS. The molecule has 2 atom stereocenters. The van der Waals surface area contributed by atoms with Crippen LogP contribution in [0.3, 0.4) is 0 Å². The van der Waals surface area contributed by atoms with Gasteiger partial charge in [0.25, 0.3) is 0 Å². The Labute approximate surface area is 141 Å². The van der Waals surface area contributed by atoms with E-state index in [2.05, 4.69) is 20.1 Å². The third-order valence-electron chi connectivity index (χ3n) is 5.42. The van der Waals surface area contributed by atoms with Crippen molar-refractivity contribution >= 4 is 22.5 Å². The molecule has 0 aromatic carbocycles. The van der Waals surface area contributed by atoms with Crippen molar-refractivity contribution in [2.75, 3.05) is 44.2 Å². The second-order valence-electron chi connectivity index (χ2n) is 6.73. The van der Waals surface area contributed by atoms with Gasteiger partial charge in [-0.2, -0.15) is 0 Å². The van der Waals surface area contributed by atoms with Crippen LogP contribution in [0.5, 0.6) is 0 Å². The van der Waals surface area contributed by atoms with Gasteiger partial charge in [-0.1, -0.05) is 6.42 Å². The number of piperidine rings is 1. The molecule has 2 amide bonds. The highest BCUT2D eigenvalue weighted by molar-refractivity contribution is 7.13. The molecule has 3 aliphatic rings. The maximum Gasteiger partial charge on any atom is 0.317 e. The molecule has 3 fully saturated rings. The van der Waals surface area contributed by atoms with Gasteiger partial charge in [-0.05, 0) is 25.8 Å². The molecule has 2 unspecified atom stereocenters. The van der Waals surface area contributed by atoms with Crippen molar-refractivity contribution in [1.82, 2.24) is 20.1 Å². The molecule has 126 valence electrons. The van der Waals surface area contributed by atoms with Gasteiger partial charge in [0, 0.05) is 56.4 Å². The lowest BCUT2D eigenvalue weighted by molar-refractivity contribution is 0.166. The molecule has 1 aromatic heterocycles. The van der Waals surface area contributed by atoms with Gasteiger partial charge in [0.2, 0.25) is 0 Å². The summed E-state index contributed by atoms with van der Waals surface area (Å²) < 4.78 is 0. The van der Waals surface area contributed by atoms with Gasteiger partial charge < -0.3 is 15.1 Å². The van der Waals surface area contributed by atoms with Crippen LogP contribution >= 0.6 is 11.3 Å². The molecule has 4 heterocycles. The van der Waals surface area contributed by atoms with E-state index < -0.39 is 0 Å². The van der Waals surface area contributed by atoms with Crippen LogP contribution in [0.15, 0.2) is 11.6 Å². The van der Waals surface area contributed by atoms with Crippen molar-refractivity contribution in [1.29, 1.82) is 0 Å². The molecule has 0 aliphatic carbocycles. The Morgan fingerprint density at radius 1 is 1.13 bits per heavy atom. The molecule has 0 radical (unpaired) electrons. The summed E-state index contributed by atoms with van der Waals surface area (Å²) in [5.74, 6) is 0. The number of hydrogen-bond acceptors (Lipinski definition) is 5. The summed E-state index contributed by atoms with van der Waals surface area (Å²) in [6, 6.07) is 1.05. The van der Waals surface area contributed by atoms with Crippen molar-refractivity contribution in [3.05, 3.63) is 11.6 Å². The Bertz CT molecular complexity index is 529. The maximum absolute atomic E-state index is 12.6. The van der Waals surface area contributed by atoms with E-state index in [1.165, 1.54) is 25.8 Å². The van der Waals surface area contributed by atoms with E-state index in [0.717, 1.165) is 44.3 Å². The molecule has 0 spiro atoms. The number of urea groups is 1. The quantitative estimate of drug-likeness (QED) is 0.892. The number of anilines is 1. The highest BCUT2D eigenvalue weighted by atomic mass is 32.1. The number of nitrogens with one attached hydrogen (secondary N) is 1. The van der Waals surface area contributed by atoms with Crippen molar-refractivity contribution in [3.63, 3.8) is 0 Å². The van der Waals surface area contributed by atoms with E-state index in [4.69, 9.17) is 0 Å². The Balaban J connectivity index is 1.29. The Morgan fingerprint density at radius 2 is 2.00 bits per heavy atom. The highest BCUT2D eigenvalue weighted by Crippen LogP contribution is 2.27. The standard InChI is InChI=1S/C16H25N5OS/c22-15(18-13-4-7-19-6-2-1-3-14(13)19)20-8-10-21(11-9-20)16-17-5-12-23-16/h5,12-14H,1-4,6-11H2,(H,18,22). The number of fused-ring (bicyclic) bond motifs is 1. The summed E-state index contributed by atoms with van der Waals surface area (Å²) in [4.78, 5) is 23.7. The fourth-order valence-corrected chi connectivity index (χ4v) is 4.84. The summed E-state index contributed by atoms with van der Waals surface area (Å²) >= 11 is 1.67. The van der Waals surface area contributed by atoms with Crippen LogP contribution in [-0.2, 0) is 0 Å². The van der Waals surface area contributed by atoms with Gasteiger partial charge in [0.15, 0.2) is 5.13 Å². The molecule has 4 rings (SSSR count). The first-order chi connectivity index (χ1) is 11.3. The Kier molecular flexibility index (Phi) is 4.39. The smallest absolute Gasteiger partial charge is 0.317 e. The van der Waals surface area contributed by atoms with E-state index in [1.807, 2.05) is 16.5 Å². The zero-order chi connectivity index (χ0) is 15.6. The van der Waals surface area contributed by atoms with E-state index in [9.17, 15) is 4.79 Å². The first-order valence-corrected chi connectivity index (χ1v) is 9.63. The van der Waals surface area contributed by atoms with Crippen molar-refractivity contribution < 1.29 is 4.79 Å². The minimum absolute atomic E-state index is 0.126. The van der Waals surface area contributed by atoms with E-state index in [1.54, 1.807) is 11.3 Å². The number of carbonyl (C=O) groups is 1. The minimum atomic E-state index is 0.126. The molecule has 1 N–H and O–H groups in total. The predicted molar refractivity (Wildman–Crippen MR) is 92.0 cm³/mol. The van der Waals surface area contributed by atoms with Crippen LogP contribution in [-0.4, -0.2) is 72.2 Å². The second-order valence-corrected chi connectivity index (χ2v) is 7.61. The van der Waals surface area contributed by atoms with Crippen LogP contribution in [0.1, 0.15) is 25.7 Å². The van der Waals surface area contributed by atoms with Crippen molar-refractivity contribution in [2.45, 2.75) is 37.8 Å². The predicted octanol–water partition coefficient (Wildman–Crippen LogP) is 1.60. The van der Waals surface area contributed by atoms with E-state index >= 15 is 0 Å². The molecule has 3 aliphatic heterocycles. The first kappa shape index (κ1) is 15.2. The van der Waals surface area contributed by atoms with Gasteiger partial charge in [0.05, 0.1) is 0 Å². The SMILES string of the molecule is O=C(NC1CCN2CCCCC12)N1CCN(c2nccs2)CC1. The summed E-state index contributed by atoms with van der Waals surface area (Å²) in [7, 11) is 0. The van der Waals surface area contributed by atoms with Crippen LogP contribution in [0.25, 0.3) is 0 Å².